The van der Waals surface area contributed by atoms with Gasteiger partial charge in [-0.2, -0.15) is 5.10 Å². The lowest BCUT2D eigenvalue weighted by atomic mass is 9.82. The van der Waals surface area contributed by atoms with Gasteiger partial charge in [-0.15, -0.1) is 12.4 Å². The molecule has 0 aliphatic carbocycles. The molecule has 2 aliphatic rings. The average Bonchev–Trinajstić information content (AvgIpc) is 3.43. The van der Waals surface area contributed by atoms with Gasteiger partial charge in [0.25, 0.3) is 0 Å². The highest BCUT2D eigenvalue weighted by Gasteiger charge is 2.42. The topological polar surface area (TPSA) is 90.9 Å². The number of halogens is 1. The third-order valence-corrected chi connectivity index (χ3v) is 6.00. The van der Waals surface area contributed by atoms with Crippen LogP contribution in [0.4, 0.5) is 5.82 Å². The lowest BCUT2D eigenvalue weighted by Gasteiger charge is -2.20. The molecule has 3 N–H and O–H groups in total. The van der Waals surface area contributed by atoms with E-state index in [2.05, 4.69) is 26.0 Å². The normalized spacial score (nSPS) is 21.0. The Labute approximate surface area is 176 Å². The fourth-order valence-electron chi connectivity index (χ4n) is 4.34. The summed E-state index contributed by atoms with van der Waals surface area (Å²) in [6.07, 6.45) is 7.49. The van der Waals surface area contributed by atoms with Gasteiger partial charge in [0.2, 0.25) is 0 Å². The van der Waals surface area contributed by atoms with E-state index in [1.54, 1.807) is 18.6 Å². The van der Waals surface area contributed by atoms with E-state index in [0.29, 0.717) is 11.6 Å². The first-order valence-corrected chi connectivity index (χ1v) is 9.76. The molecule has 1 saturated heterocycles. The van der Waals surface area contributed by atoms with Crippen molar-refractivity contribution in [3.8, 4) is 17.0 Å². The number of ether oxygens (including phenoxy) is 1. The van der Waals surface area contributed by atoms with Crippen molar-refractivity contribution in [3.05, 3.63) is 54.1 Å². The summed E-state index contributed by atoms with van der Waals surface area (Å²) in [5.74, 6) is 0.946. The third-order valence-electron chi connectivity index (χ3n) is 6.00. The van der Waals surface area contributed by atoms with Crippen molar-refractivity contribution < 1.29 is 4.74 Å². The molecule has 152 valence electrons. The van der Waals surface area contributed by atoms with Crippen molar-refractivity contribution in [2.45, 2.75) is 37.8 Å². The summed E-state index contributed by atoms with van der Waals surface area (Å²) >= 11 is 0. The number of aromatic nitrogens is 4. The van der Waals surface area contributed by atoms with Crippen molar-refractivity contribution in [1.82, 2.24) is 25.1 Å². The van der Waals surface area contributed by atoms with Crippen LogP contribution in [0.15, 0.2) is 42.9 Å². The molecule has 0 saturated carbocycles. The largest absolute Gasteiger partial charge is 0.482 e. The number of nitrogens with two attached hydrogens (primary N) is 1. The molecule has 2 atom stereocenters. The van der Waals surface area contributed by atoms with Crippen LogP contribution in [-0.2, 0) is 12.0 Å². The number of nitrogens with zero attached hydrogens (tertiary/aromatic N) is 4. The van der Waals surface area contributed by atoms with Crippen LogP contribution in [0.25, 0.3) is 11.3 Å². The summed E-state index contributed by atoms with van der Waals surface area (Å²) in [5, 5.41) is 8.33. The van der Waals surface area contributed by atoms with E-state index in [4.69, 9.17) is 15.6 Å². The average molecular weight is 413 g/mol. The molecular formula is C21H25ClN6O. The number of hydrogen-bond donors (Lipinski definition) is 2. The van der Waals surface area contributed by atoms with Gasteiger partial charge in [-0.25, -0.2) is 4.98 Å². The van der Waals surface area contributed by atoms with E-state index in [9.17, 15) is 0 Å². The maximum atomic E-state index is 6.09. The maximum absolute atomic E-state index is 6.09. The van der Waals surface area contributed by atoms with Gasteiger partial charge in [-0.05, 0) is 44.5 Å². The number of nitrogen functional groups attached to an aromatic ring is 1. The van der Waals surface area contributed by atoms with Crippen LogP contribution in [0.3, 0.4) is 0 Å². The molecule has 1 fully saturated rings. The Morgan fingerprint density at radius 3 is 2.93 bits per heavy atom. The molecule has 3 aromatic heterocycles. The van der Waals surface area contributed by atoms with Crippen molar-refractivity contribution in [2.75, 3.05) is 18.8 Å². The Bertz CT molecular complexity index is 1000. The fraction of sp³-hybridized carbons (Fsp3) is 0.381. The van der Waals surface area contributed by atoms with Crippen LogP contribution >= 0.6 is 12.4 Å². The highest BCUT2D eigenvalue weighted by Crippen LogP contribution is 2.41. The lowest BCUT2D eigenvalue weighted by molar-refractivity contribution is 0.227. The van der Waals surface area contributed by atoms with Gasteiger partial charge >= 0.3 is 0 Å². The molecule has 29 heavy (non-hydrogen) atoms. The quantitative estimate of drug-likeness (QED) is 0.684. The SMILES string of the molecule is C[C@@H](Oc1cc(-c2cc3n(n2)CCC32CCNC2)cnc1N)c1cccnc1.Cl. The van der Waals surface area contributed by atoms with Crippen LogP contribution in [0.1, 0.15) is 37.1 Å². The molecule has 5 rings (SSSR count). The first-order chi connectivity index (χ1) is 13.6. The summed E-state index contributed by atoms with van der Waals surface area (Å²) in [7, 11) is 0. The van der Waals surface area contributed by atoms with Gasteiger partial charge in [-0.1, -0.05) is 6.07 Å². The minimum absolute atomic E-state index is 0. The van der Waals surface area contributed by atoms with E-state index < -0.39 is 0 Å². The molecule has 7 nitrogen and oxygen atoms in total. The molecular weight excluding hydrogens is 388 g/mol. The van der Waals surface area contributed by atoms with E-state index in [0.717, 1.165) is 36.5 Å². The first-order valence-electron chi connectivity index (χ1n) is 9.76. The first kappa shape index (κ1) is 19.7. The lowest BCUT2D eigenvalue weighted by Crippen LogP contribution is -2.25. The molecule has 2 aliphatic heterocycles. The fourth-order valence-corrected chi connectivity index (χ4v) is 4.34. The number of nitrogens with one attached hydrogen (secondary N) is 1. The predicted molar refractivity (Wildman–Crippen MR) is 114 cm³/mol. The van der Waals surface area contributed by atoms with Gasteiger partial charge < -0.3 is 15.8 Å². The second-order valence-electron chi connectivity index (χ2n) is 7.75. The van der Waals surface area contributed by atoms with E-state index in [-0.39, 0.29) is 23.9 Å². The van der Waals surface area contributed by atoms with E-state index >= 15 is 0 Å². The highest BCUT2D eigenvalue weighted by molar-refractivity contribution is 5.85. The Hall–Kier alpha value is -2.64. The second-order valence-corrected chi connectivity index (χ2v) is 7.75. The number of fused-ring (bicyclic) bond motifs is 2. The Morgan fingerprint density at radius 1 is 1.28 bits per heavy atom. The number of rotatable bonds is 4. The van der Waals surface area contributed by atoms with Crippen molar-refractivity contribution >= 4 is 18.2 Å². The van der Waals surface area contributed by atoms with Crippen LogP contribution < -0.4 is 15.8 Å². The van der Waals surface area contributed by atoms with E-state index in [1.807, 2.05) is 25.1 Å². The molecule has 1 spiro atoms. The number of anilines is 1. The Kier molecular flexibility index (Phi) is 5.19. The Balaban J connectivity index is 0.00000205. The standard InChI is InChI=1S/C21H24N6O.ClH/c1-14(15-3-2-6-23-11-15)28-18-9-16(12-25-20(18)22)17-10-19-21(4-7-24-13-21)5-8-27(19)26-17;/h2-3,6,9-12,14,24H,4-5,7-8,13H2,1H3,(H2,22,25);1H/t14-,21?;/m1./s1. The maximum Gasteiger partial charge on any atom is 0.166 e. The zero-order valence-corrected chi connectivity index (χ0v) is 17.2. The van der Waals surface area contributed by atoms with Gasteiger partial charge in [0.05, 0.1) is 5.69 Å². The van der Waals surface area contributed by atoms with Gasteiger partial charge in [0.15, 0.2) is 11.6 Å². The van der Waals surface area contributed by atoms with Crippen LogP contribution in [0.5, 0.6) is 5.75 Å². The molecule has 3 aromatic rings. The number of hydrogen-bond acceptors (Lipinski definition) is 6. The molecule has 0 aromatic carbocycles. The zero-order valence-electron chi connectivity index (χ0n) is 16.3. The van der Waals surface area contributed by atoms with Gasteiger partial charge in [-0.3, -0.25) is 9.67 Å². The van der Waals surface area contributed by atoms with Gasteiger partial charge in [0, 0.05) is 53.9 Å². The number of aryl methyl sites for hydroxylation is 1. The van der Waals surface area contributed by atoms with Crippen molar-refractivity contribution in [1.29, 1.82) is 0 Å². The number of pyridine rings is 2. The minimum atomic E-state index is -0.173. The van der Waals surface area contributed by atoms with E-state index in [1.165, 1.54) is 18.5 Å². The molecule has 1 unspecified atom stereocenters. The molecule has 0 radical (unpaired) electrons. The monoisotopic (exact) mass is 412 g/mol. The summed E-state index contributed by atoms with van der Waals surface area (Å²) < 4.78 is 8.24. The van der Waals surface area contributed by atoms with Crippen LogP contribution in [-0.4, -0.2) is 32.8 Å². The highest BCUT2D eigenvalue weighted by atomic mass is 35.5. The Morgan fingerprint density at radius 2 is 2.17 bits per heavy atom. The van der Waals surface area contributed by atoms with Crippen LogP contribution in [0, 0.1) is 0 Å². The van der Waals surface area contributed by atoms with Crippen molar-refractivity contribution in [3.63, 3.8) is 0 Å². The zero-order chi connectivity index (χ0) is 19.1. The smallest absolute Gasteiger partial charge is 0.166 e. The molecule has 0 amide bonds. The predicted octanol–water partition coefficient (Wildman–Crippen LogP) is 3.12. The summed E-state index contributed by atoms with van der Waals surface area (Å²) in [6.45, 7) is 5.06. The third kappa shape index (κ3) is 3.45. The van der Waals surface area contributed by atoms with Crippen molar-refractivity contribution in [2.24, 2.45) is 0 Å². The molecule has 8 heteroatoms. The summed E-state index contributed by atoms with van der Waals surface area (Å²) in [6, 6.07) is 8.03. The summed E-state index contributed by atoms with van der Waals surface area (Å²) in [4.78, 5) is 8.50. The second kappa shape index (κ2) is 7.65. The summed E-state index contributed by atoms with van der Waals surface area (Å²) in [5.41, 5.74) is 10.5. The van der Waals surface area contributed by atoms with Crippen LogP contribution in [0.2, 0.25) is 0 Å². The molecule has 0 bridgehead atoms. The minimum Gasteiger partial charge on any atom is -0.482 e. The van der Waals surface area contributed by atoms with Gasteiger partial charge in [0.1, 0.15) is 6.10 Å². The molecule has 5 heterocycles.